The Balaban J connectivity index is 1.27. The van der Waals surface area contributed by atoms with Gasteiger partial charge in [0.25, 0.3) is 0 Å². The molecule has 1 amide bonds. The largest absolute Gasteiger partial charge is 0.375 e. The first kappa shape index (κ1) is 25.6. The van der Waals surface area contributed by atoms with Crippen molar-refractivity contribution >= 4 is 72.8 Å². The minimum absolute atomic E-state index is 0.0106. The maximum atomic E-state index is 16.7. The molecule has 1 spiro atoms. The van der Waals surface area contributed by atoms with Crippen LogP contribution in [0.25, 0.3) is 32.2 Å². The maximum Gasteiger partial charge on any atom is 0.231 e. The van der Waals surface area contributed by atoms with Crippen molar-refractivity contribution in [3.8, 4) is 11.1 Å². The molecular formula is C28H26ClFN10OS. The van der Waals surface area contributed by atoms with Gasteiger partial charge >= 0.3 is 0 Å². The van der Waals surface area contributed by atoms with Crippen LogP contribution in [0, 0.1) is 5.82 Å². The molecule has 0 radical (unpaired) electrons. The molecule has 0 bridgehead atoms. The zero-order valence-corrected chi connectivity index (χ0v) is 24.2. The number of amides is 1. The third-order valence-corrected chi connectivity index (χ3v) is 9.66. The highest BCUT2D eigenvalue weighted by Gasteiger charge is 2.52. The van der Waals surface area contributed by atoms with Crippen molar-refractivity contribution < 1.29 is 9.18 Å². The Hall–Kier alpha value is -4.07. The van der Waals surface area contributed by atoms with Gasteiger partial charge in [-0.2, -0.15) is 4.98 Å². The first-order chi connectivity index (χ1) is 20.3. The van der Waals surface area contributed by atoms with Crippen LogP contribution in [0.4, 0.5) is 27.2 Å². The van der Waals surface area contributed by atoms with Gasteiger partial charge in [0.05, 0.1) is 27.2 Å². The van der Waals surface area contributed by atoms with Gasteiger partial charge in [0.2, 0.25) is 17.8 Å². The van der Waals surface area contributed by atoms with E-state index in [1.54, 1.807) is 30.3 Å². The van der Waals surface area contributed by atoms with Gasteiger partial charge in [-0.25, -0.2) is 19.3 Å². The van der Waals surface area contributed by atoms with Crippen LogP contribution in [0.1, 0.15) is 6.42 Å². The van der Waals surface area contributed by atoms with Gasteiger partial charge in [-0.15, -0.1) is 0 Å². The third-order valence-electron chi connectivity index (χ3n) is 8.51. The molecule has 0 unspecified atom stereocenters. The van der Waals surface area contributed by atoms with E-state index in [0.717, 1.165) is 17.8 Å². The van der Waals surface area contributed by atoms with Gasteiger partial charge in [0.1, 0.15) is 11.3 Å². The Morgan fingerprint density at radius 2 is 1.93 bits per heavy atom. The van der Waals surface area contributed by atoms with Crippen LogP contribution in [-0.4, -0.2) is 76.7 Å². The van der Waals surface area contributed by atoms with E-state index in [2.05, 4.69) is 24.8 Å². The summed E-state index contributed by atoms with van der Waals surface area (Å²) in [6, 6.07) is 7.31. The van der Waals surface area contributed by atoms with Gasteiger partial charge in [-0.3, -0.25) is 9.69 Å². The normalized spacial score (nSPS) is 18.3. The van der Waals surface area contributed by atoms with Crippen molar-refractivity contribution in [3.63, 3.8) is 0 Å². The number of hydrogen-bond donors (Lipinski definition) is 2. The lowest BCUT2D eigenvalue weighted by Gasteiger charge is -2.53. The number of thiazole rings is 1. The molecule has 214 valence electrons. The molecule has 2 saturated heterocycles. The van der Waals surface area contributed by atoms with Crippen LogP contribution in [0.5, 0.6) is 0 Å². The van der Waals surface area contributed by atoms with E-state index in [4.69, 9.17) is 27.3 Å². The highest BCUT2D eigenvalue weighted by Crippen LogP contribution is 2.44. The number of nitrogens with two attached hydrogens (primary N) is 1. The van der Waals surface area contributed by atoms with Crippen LogP contribution < -0.4 is 25.8 Å². The fourth-order valence-corrected chi connectivity index (χ4v) is 7.48. The van der Waals surface area contributed by atoms with Crippen molar-refractivity contribution in [2.75, 3.05) is 66.7 Å². The van der Waals surface area contributed by atoms with Crippen molar-refractivity contribution in [3.05, 3.63) is 47.5 Å². The molecule has 3 aromatic heterocycles. The topological polar surface area (TPSA) is 121 Å². The van der Waals surface area contributed by atoms with Crippen molar-refractivity contribution in [1.82, 2.24) is 29.8 Å². The quantitative estimate of drug-likeness (QED) is 0.319. The monoisotopic (exact) mass is 604 g/mol. The fraction of sp³-hybridized carbons (Fsp3) is 0.321. The molecule has 2 fully saturated rings. The summed E-state index contributed by atoms with van der Waals surface area (Å²) < 4.78 is 19.6. The molecule has 6 heterocycles. The number of nitrogen functional groups attached to an aromatic ring is 1. The predicted octanol–water partition coefficient (Wildman–Crippen LogP) is 3.47. The van der Waals surface area contributed by atoms with Crippen LogP contribution in [0.3, 0.4) is 0 Å². The molecule has 8 rings (SSSR count). The van der Waals surface area contributed by atoms with Gasteiger partial charge < -0.3 is 25.4 Å². The number of carbonyl (C=O) groups excluding carboxylic acids is 1. The summed E-state index contributed by atoms with van der Waals surface area (Å²) in [7, 11) is 1.74. The molecular weight excluding hydrogens is 579 g/mol. The maximum absolute atomic E-state index is 16.7. The van der Waals surface area contributed by atoms with Crippen LogP contribution in [-0.2, 0) is 10.3 Å². The lowest BCUT2D eigenvalue weighted by Crippen LogP contribution is -2.66. The summed E-state index contributed by atoms with van der Waals surface area (Å²) in [5.74, 6) is 1.16. The van der Waals surface area contributed by atoms with E-state index in [0.29, 0.717) is 71.9 Å². The number of para-hydroxylation sites is 1. The molecule has 0 atom stereocenters. The molecule has 42 heavy (non-hydrogen) atoms. The molecule has 0 saturated carbocycles. The second-order valence-electron chi connectivity index (χ2n) is 11.0. The molecule has 5 aromatic rings. The van der Waals surface area contributed by atoms with Crippen molar-refractivity contribution in [1.29, 1.82) is 0 Å². The summed E-state index contributed by atoms with van der Waals surface area (Å²) in [5.41, 5.74) is 7.14. The van der Waals surface area contributed by atoms with Gasteiger partial charge in [0.15, 0.2) is 10.9 Å². The summed E-state index contributed by atoms with van der Waals surface area (Å²) >= 11 is 8.17. The fourth-order valence-electron chi connectivity index (χ4n) is 6.42. The average molecular weight is 605 g/mol. The van der Waals surface area contributed by atoms with Crippen LogP contribution in [0.2, 0.25) is 5.02 Å². The Labute approximate surface area is 248 Å². The van der Waals surface area contributed by atoms with Crippen molar-refractivity contribution in [2.45, 2.75) is 12.0 Å². The molecule has 11 nitrogen and oxygen atoms in total. The molecule has 2 aromatic carbocycles. The zero-order chi connectivity index (χ0) is 28.7. The number of benzene rings is 2. The molecule has 3 aliphatic heterocycles. The number of hydrogen-bond acceptors (Lipinski definition) is 10. The zero-order valence-electron chi connectivity index (χ0n) is 22.6. The Morgan fingerprint density at radius 1 is 1.12 bits per heavy atom. The van der Waals surface area contributed by atoms with Gasteiger partial charge in [-0.05, 0) is 12.1 Å². The lowest BCUT2D eigenvalue weighted by atomic mass is 9.84. The number of rotatable bonds is 3. The lowest BCUT2D eigenvalue weighted by molar-refractivity contribution is -0.122. The van der Waals surface area contributed by atoms with Crippen LogP contribution in [0.15, 0.2) is 36.7 Å². The van der Waals surface area contributed by atoms with Crippen molar-refractivity contribution in [2.24, 2.45) is 0 Å². The number of carbonyl (C=O) groups is 1. The molecule has 3 N–H and O–H groups in total. The smallest absolute Gasteiger partial charge is 0.231 e. The van der Waals surface area contributed by atoms with Gasteiger partial charge in [-0.1, -0.05) is 35.1 Å². The molecule has 3 aliphatic rings. The summed E-state index contributed by atoms with van der Waals surface area (Å²) in [4.78, 5) is 37.2. The number of imidazole rings is 1. The second kappa shape index (κ2) is 9.21. The van der Waals surface area contributed by atoms with E-state index in [1.165, 1.54) is 11.3 Å². The number of nitrogens with one attached hydrogen (secondary N) is 1. The number of halogens is 2. The SMILES string of the molecule is CN1C(=O)CC2(CN(c3nc(N4CCNCC4)c4cc(Cl)c(-c5cccc6sc(N)nc56)c(F)c4n3)C2)n2ccnc21. The standard InChI is InChI=1S/C28H26ClFN10OS/c1-37-19(41)12-28(40-10-7-33-27(37)40)13-39(14-28)26-35-23-16(24(36-26)38-8-5-32-6-9-38)11-17(29)20(21(23)30)15-3-2-4-18-22(15)34-25(31)42-18/h2-4,7,10-11,32H,5-6,8-9,12-14H2,1H3,(H2,31,34). The average Bonchev–Trinajstić information content (AvgIpc) is 3.61. The van der Waals surface area contributed by atoms with Crippen LogP contribution >= 0.6 is 22.9 Å². The first-order valence-electron chi connectivity index (χ1n) is 13.7. The minimum Gasteiger partial charge on any atom is -0.375 e. The van der Waals surface area contributed by atoms with E-state index >= 15 is 4.39 Å². The number of anilines is 4. The number of aromatic nitrogens is 5. The molecule has 0 aliphatic carbocycles. The van der Waals surface area contributed by atoms with E-state index in [9.17, 15) is 4.79 Å². The minimum atomic E-state index is -0.529. The summed E-state index contributed by atoms with van der Waals surface area (Å²) in [6.45, 7) is 4.01. The number of nitrogens with zero attached hydrogens (tertiary/aromatic N) is 8. The third kappa shape index (κ3) is 3.69. The Kier molecular flexibility index (Phi) is 5.62. The van der Waals surface area contributed by atoms with E-state index in [1.807, 2.05) is 23.2 Å². The summed E-state index contributed by atoms with van der Waals surface area (Å²) in [5, 5.41) is 4.58. The van der Waals surface area contributed by atoms with Gasteiger partial charge in [0, 0.05) is 75.2 Å². The molecule has 14 heteroatoms. The Bertz CT molecular complexity index is 1910. The Morgan fingerprint density at radius 3 is 2.74 bits per heavy atom. The van der Waals surface area contributed by atoms with E-state index in [-0.39, 0.29) is 22.0 Å². The second-order valence-corrected chi connectivity index (χ2v) is 12.5. The highest BCUT2D eigenvalue weighted by atomic mass is 35.5. The highest BCUT2D eigenvalue weighted by molar-refractivity contribution is 7.22. The van der Waals surface area contributed by atoms with E-state index < -0.39 is 11.4 Å². The summed E-state index contributed by atoms with van der Waals surface area (Å²) in [6.07, 6.45) is 3.96. The predicted molar refractivity (Wildman–Crippen MR) is 163 cm³/mol. The number of piperazine rings is 1. The first-order valence-corrected chi connectivity index (χ1v) is 14.9. The number of fused-ring (bicyclic) bond motifs is 4.